The maximum atomic E-state index is 12.9. The fourth-order valence-electron chi connectivity index (χ4n) is 3.30. The highest BCUT2D eigenvalue weighted by atomic mass is 19.1. The lowest BCUT2D eigenvalue weighted by molar-refractivity contribution is 0.177. The lowest BCUT2D eigenvalue weighted by atomic mass is 10.1. The molecule has 1 N–H and O–H groups in total. The van der Waals surface area contributed by atoms with Crippen LogP contribution in [0, 0.1) is 5.82 Å². The van der Waals surface area contributed by atoms with Gasteiger partial charge < -0.3 is 10.1 Å². The quantitative estimate of drug-likeness (QED) is 0.678. The van der Waals surface area contributed by atoms with Gasteiger partial charge in [-0.2, -0.15) is 0 Å². The summed E-state index contributed by atoms with van der Waals surface area (Å²) in [5.41, 5.74) is 0. The molecule has 28 heavy (non-hydrogen) atoms. The summed E-state index contributed by atoms with van der Waals surface area (Å²) in [5, 5.41) is 3.51. The molecule has 2 aromatic heterocycles. The molecule has 1 saturated heterocycles. The zero-order chi connectivity index (χ0) is 19.2. The van der Waals surface area contributed by atoms with E-state index in [1.807, 2.05) is 16.8 Å². The summed E-state index contributed by atoms with van der Waals surface area (Å²) in [4.78, 5) is 15.1. The first kappa shape index (κ1) is 18.4. The highest BCUT2D eigenvalue weighted by Crippen LogP contribution is 2.17. The van der Waals surface area contributed by atoms with E-state index >= 15 is 0 Å². The van der Waals surface area contributed by atoms with Gasteiger partial charge in [-0.3, -0.25) is 9.47 Å². The second-order valence-corrected chi connectivity index (χ2v) is 6.79. The highest BCUT2D eigenvalue weighted by Gasteiger charge is 2.19. The Hall–Kier alpha value is -3.00. The Morgan fingerprint density at radius 3 is 2.71 bits per heavy atom. The molecular weight excluding hydrogens is 359 g/mol. The van der Waals surface area contributed by atoms with Crippen LogP contribution in [0.4, 0.5) is 10.2 Å². The van der Waals surface area contributed by atoms with E-state index in [-0.39, 0.29) is 5.82 Å². The molecule has 0 aliphatic carbocycles. The van der Waals surface area contributed by atoms with Gasteiger partial charge in [0.25, 0.3) is 0 Å². The number of benzene rings is 1. The predicted molar refractivity (Wildman–Crippen MR) is 104 cm³/mol. The van der Waals surface area contributed by atoms with Crippen molar-refractivity contribution in [3.8, 4) is 11.6 Å². The van der Waals surface area contributed by atoms with Crippen molar-refractivity contribution in [2.24, 2.45) is 0 Å². The van der Waals surface area contributed by atoms with Crippen molar-refractivity contribution < 1.29 is 9.13 Å². The lowest BCUT2D eigenvalue weighted by Gasteiger charge is -2.32. The molecule has 4 rings (SSSR count). The molecule has 0 radical (unpaired) electrons. The molecule has 0 bridgehead atoms. The van der Waals surface area contributed by atoms with Gasteiger partial charge in [-0.25, -0.2) is 19.3 Å². The molecule has 1 fully saturated rings. The van der Waals surface area contributed by atoms with E-state index in [1.165, 1.54) is 12.1 Å². The van der Waals surface area contributed by atoms with Gasteiger partial charge in [0.2, 0.25) is 0 Å². The SMILES string of the molecule is Fc1ccc(OCCN2CCC(Nc3cc(-n4ccnc4)ncn3)CC2)cc1. The van der Waals surface area contributed by atoms with E-state index in [1.54, 1.807) is 31.0 Å². The summed E-state index contributed by atoms with van der Waals surface area (Å²) in [6.45, 7) is 3.47. The molecule has 3 heterocycles. The van der Waals surface area contributed by atoms with E-state index in [0.717, 1.165) is 44.1 Å². The topological polar surface area (TPSA) is 68.1 Å². The van der Waals surface area contributed by atoms with Crippen LogP contribution in [0.1, 0.15) is 12.8 Å². The molecule has 0 atom stereocenters. The third-order valence-corrected chi connectivity index (χ3v) is 4.85. The Labute approximate surface area is 163 Å². The maximum absolute atomic E-state index is 12.9. The summed E-state index contributed by atoms with van der Waals surface area (Å²) in [6, 6.07) is 8.47. The van der Waals surface area contributed by atoms with E-state index in [0.29, 0.717) is 18.4 Å². The van der Waals surface area contributed by atoms with Gasteiger partial charge in [-0.15, -0.1) is 0 Å². The average Bonchev–Trinajstić information content (AvgIpc) is 3.26. The van der Waals surface area contributed by atoms with Crippen molar-refractivity contribution in [2.45, 2.75) is 18.9 Å². The van der Waals surface area contributed by atoms with Crippen molar-refractivity contribution >= 4 is 5.82 Å². The van der Waals surface area contributed by atoms with Gasteiger partial charge in [-0.1, -0.05) is 0 Å². The molecule has 146 valence electrons. The fourth-order valence-corrected chi connectivity index (χ4v) is 3.30. The summed E-state index contributed by atoms with van der Waals surface area (Å²) in [6.07, 6.45) is 8.96. The fraction of sp³-hybridized carbons (Fsp3) is 0.350. The van der Waals surface area contributed by atoms with Gasteiger partial charge in [-0.05, 0) is 37.1 Å². The number of halogens is 1. The Morgan fingerprint density at radius 2 is 1.96 bits per heavy atom. The standard InChI is InChI=1S/C20H23FN6O/c21-16-1-3-18(4-2-16)28-12-11-26-8-5-17(6-9-26)25-19-13-20(24-14-23-19)27-10-7-22-15-27/h1-4,7,10,13-15,17H,5-6,8-9,11-12H2,(H,23,24,25). The predicted octanol–water partition coefficient (Wildman–Crippen LogP) is 2.76. The molecule has 8 heteroatoms. The number of anilines is 1. The molecule has 3 aromatic rings. The largest absolute Gasteiger partial charge is 0.492 e. The first-order chi connectivity index (χ1) is 13.8. The zero-order valence-electron chi connectivity index (χ0n) is 15.5. The monoisotopic (exact) mass is 382 g/mol. The second-order valence-electron chi connectivity index (χ2n) is 6.79. The van der Waals surface area contributed by atoms with Crippen molar-refractivity contribution in [2.75, 3.05) is 31.6 Å². The van der Waals surface area contributed by atoms with Crippen LogP contribution in [-0.2, 0) is 0 Å². The Kier molecular flexibility index (Phi) is 5.77. The minimum atomic E-state index is -0.247. The molecular formula is C20H23FN6O. The number of nitrogens with zero attached hydrogens (tertiary/aromatic N) is 5. The number of imidazole rings is 1. The van der Waals surface area contributed by atoms with Crippen molar-refractivity contribution in [3.63, 3.8) is 0 Å². The summed E-state index contributed by atoms with van der Waals surface area (Å²) >= 11 is 0. The number of likely N-dealkylation sites (tertiary alicyclic amines) is 1. The van der Waals surface area contributed by atoms with Crippen LogP contribution >= 0.6 is 0 Å². The Bertz CT molecular complexity index is 863. The van der Waals surface area contributed by atoms with Crippen molar-refractivity contribution in [1.82, 2.24) is 24.4 Å². The number of rotatable bonds is 7. The van der Waals surface area contributed by atoms with Crippen LogP contribution in [0.15, 0.2) is 55.4 Å². The molecule has 1 aromatic carbocycles. The third-order valence-electron chi connectivity index (χ3n) is 4.85. The van der Waals surface area contributed by atoms with E-state index in [4.69, 9.17) is 4.74 Å². The number of nitrogens with one attached hydrogen (secondary N) is 1. The summed E-state index contributed by atoms with van der Waals surface area (Å²) in [5.74, 6) is 2.08. The lowest BCUT2D eigenvalue weighted by Crippen LogP contribution is -2.41. The van der Waals surface area contributed by atoms with E-state index in [9.17, 15) is 4.39 Å². The second kappa shape index (κ2) is 8.79. The Morgan fingerprint density at radius 1 is 1.14 bits per heavy atom. The van der Waals surface area contributed by atoms with Crippen molar-refractivity contribution in [3.05, 3.63) is 61.2 Å². The van der Waals surface area contributed by atoms with Gasteiger partial charge in [0.15, 0.2) is 0 Å². The van der Waals surface area contributed by atoms with Crippen LogP contribution in [-0.4, -0.2) is 56.7 Å². The van der Waals surface area contributed by atoms with Crippen LogP contribution < -0.4 is 10.1 Å². The molecule has 7 nitrogen and oxygen atoms in total. The minimum Gasteiger partial charge on any atom is -0.492 e. The molecule has 0 spiro atoms. The molecule has 1 aliphatic rings. The van der Waals surface area contributed by atoms with Crippen molar-refractivity contribution in [1.29, 1.82) is 0 Å². The smallest absolute Gasteiger partial charge is 0.143 e. The average molecular weight is 382 g/mol. The van der Waals surface area contributed by atoms with Crippen LogP contribution in [0.25, 0.3) is 5.82 Å². The highest BCUT2D eigenvalue weighted by molar-refractivity contribution is 5.41. The molecule has 0 unspecified atom stereocenters. The van der Waals surface area contributed by atoms with E-state index in [2.05, 4.69) is 25.2 Å². The van der Waals surface area contributed by atoms with Gasteiger partial charge >= 0.3 is 0 Å². The minimum absolute atomic E-state index is 0.247. The van der Waals surface area contributed by atoms with Crippen LogP contribution in [0.2, 0.25) is 0 Å². The normalized spacial score (nSPS) is 15.5. The van der Waals surface area contributed by atoms with Crippen LogP contribution in [0.5, 0.6) is 5.75 Å². The molecule has 0 saturated carbocycles. The van der Waals surface area contributed by atoms with Gasteiger partial charge in [0.05, 0.1) is 0 Å². The number of aromatic nitrogens is 4. The van der Waals surface area contributed by atoms with E-state index < -0.39 is 0 Å². The van der Waals surface area contributed by atoms with Gasteiger partial charge in [0, 0.05) is 44.1 Å². The first-order valence-corrected chi connectivity index (χ1v) is 9.44. The number of hydrogen-bond acceptors (Lipinski definition) is 6. The number of hydrogen-bond donors (Lipinski definition) is 1. The summed E-state index contributed by atoms with van der Waals surface area (Å²) < 4.78 is 20.4. The number of piperidine rings is 1. The number of ether oxygens (including phenoxy) is 1. The zero-order valence-corrected chi connectivity index (χ0v) is 15.5. The third kappa shape index (κ3) is 4.83. The Balaban J connectivity index is 1.21. The molecule has 0 amide bonds. The summed E-state index contributed by atoms with van der Waals surface area (Å²) in [7, 11) is 0. The van der Waals surface area contributed by atoms with Crippen LogP contribution in [0.3, 0.4) is 0 Å². The first-order valence-electron chi connectivity index (χ1n) is 9.44. The van der Waals surface area contributed by atoms with Gasteiger partial charge in [0.1, 0.15) is 42.5 Å². The molecule has 1 aliphatic heterocycles. The maximum Gasteiger partial charge on any atom is 0.143 e.